The number of benzene rings is 1. The van der Waals surface area contributed by atoms with Crippen molar-refractivity contribution in [3.63, 3.8) is 0 Å². The van der Waals surface area contributed by atoms with Crippen LogP contribution >= 0.6 is 0 Å². The summed E-state index contributed by atoms with van der Waals surface area (Å²) < 4.78 is 5.98. The summed E-state index contributed by atoms with van der Waals surface area (Å²) in [7, 11) is 0. The van der Waals surface area contributed by atoms with Crippen LogP contribution in [-0.2, 0) is 25.7 Å². The molecule has 2 fully saturated rings. The lowest BCUT2D eigenvalue weighted by Crippen LogP contribution is -2.57. The van der Waals surface area contributed by atoms with Gasteiger partial charge in [-0.2, -0.15) is 9.78 Å². The van der Waals surface area contributed by atoms with Crippen LogP contribution in [0.25, 0.3) is 0 Å². The molecule has 0 radical (unpaired) electrons. The lowest BCUT2D eigenvalue weighted by molar-refractivity contribution is -0.350. The first-order valence-corrected chi connectivity index (χ1v) is 7.42. The van der Waals surface area contributed by atoms with Crippen molar-refractivity contribution in [2.75, 3.05) is 0 Å². The van der Waals surface area contributed by atoms with E-state index in [1.165, 1.54) is 5.56 Å². The van der Waals surface area contributed by atoms with Crippen LogP contribution in [-0.4, -0.2) is 17.4 Å². The van der Waals surface area contributed by atoms with Gasteiger partial charge in [0.1, 0.15) is 5.78 Å². The van der Waals surface area contributed by atoms with Gasteiger partial charge in [0.25, 0.3) is 0 Å². The van der Waals surface area contributed by atoms with Gasteiger partial charge in [0, 0.05) is 6.42 Å². The number of carbonyl (C=O) groups is 1. The summed E-state index contributed by atoms with van der Waals surface area (Å²) in [4.78, 5) is 23.3. The molecular weight excluding hydrogens is 268 g/mol. The molecular formula is C17H22O4. The van der Waals surface area contributed by atoms with E-state index in [1.807, 2.05) is 13.8 Å². The second-order valence-corrected chi connectivity index (χ2v) is 6.65. The highest BCUT2D eigenvalue weighted by molar-refractivity contribution is 5.84. The van der Waals surface area contributed by atoms with Crippen molar-refractivity contribution in [2.24, 2.45) is 5.41 Å². The van der Waals surface area contributed by atoms with Gasteiger partial charge in [-0.05, 0) is 46.1 Å². The van der Waals surface area contributed by atoms with Crippen LogP contribution in [0.3, 0.4) is 0 Å². The van der Waals surface area contributed by atoms with E-state index >= 15 is 0 Å². The predicted molar refractivity (Wildman–Crippen MR) is 77.3 cm³/mol. The van der Waals surface area contributed by atoms with Crippen LogP contribution in [0.2, 0.25) is 0 Å². The zero-order valence-electron chi connectivity index (χ0n) is 13.1. The summed E-state index contributed by atoms with van der Waals surface area (Å²) in [6.07, 6.45) is 1.94. The number of aryl methyl sites for hydroxylation is 1. The highest BCUT2D eigenvalue weighted by atomic mass is 17.3. The lowest BCUT2D eigenvalue weighted by Gasteiger charge is -2.45. The molecule has 4 heteroatoms. The van der Waals surface area contributed by atoms with Gasteiger partial charge in [-0.25, -0.2) is 0 Å². The molecule has 0 spiro atoms. The van der Waals surface area contributed by atoms with Gasteiger partial charge < -0.3 is 4.74 Å². The fraction of sp³-hybridized carbons (Fsp3) is 0.588. The molecule has 2 bridgehead atoms. The van der Waals surface area contributed by atoms with Gasteiger partial charge in [0.2, 0.25) is 11.6 Å². The Hall–Kier alpha value is -1.23. The third kappa shape index (κ3) is 2.22. The second-order valence-electron chi connectivity index (χ2n) is 6.65. The average molecular weight is 290 g/mol. The molecule has 3 rings (SSSR count). The molecule has 0 amide bonds. The summed E-state index contributed by atoms with van der Waals surface area (Å²) in [6, 6.07) is 8.25. The van der Waals surface area contributed by atoms with Crippen molar-refractivity contribution in [3.05, 3.63) is 35.4 Å². The molecule has 2 aliphatic heterocycles. The summed E-state index contributed by atoms with van der Waals surface area (Å²) in [6.45, 7) is 7.34. The second kappa shape index (κ2) is 4.63. The molecule has 2 aliphatic rings. The zero-order valence-corrected chi connectivity index (χ0v) is 13.1. The topological polar surface area (TPSA) is 44.8 Å². The molecule has 1 aromatic carbocycles. The van der Waals surface area contributed by atoms with Gasteiger partial charge in [0.15, 0.2) is 0 Å². The van der Waals surface area contributed by atoms with E-state index in [-0.39, 0.29) is 5.78 Å². The number of Topliss-reactive ketones (excluding diaryl/α,β-unsaturated/α-hetero) is 1. The summed E-state index contributed by atoms with van der Waals surface area (Å²) in [5, 5.41) is 0. The minimum absolute atomic E-state index is 0.0816. The number of ketones is 1. The van der Waals surface area contributed by atoms with E-state index in [9.17, 15) is 4.79 Å². The summed E-state index contributed by atoms with van der Waals surface area (Å²) in [5.74, 6) is -1.68. The molecule has 3 atom stereocenters. The highest BCUT2D eigenvalue weighted by Crippen LogP contribution is 2.55. The fourth-order valence-corrected chi connectivity index (χ4v) is 3.47. The van der Waals surface area contributed by atoms with Crippen LogP contribution in [0.15, 0.2) is 24.3 Å². The molecule has 21 heavy (non-hydrogen) atoms. The first-order valence-electron chi connectivity index (χ1n) is 7.42. The standard InChI is InChI=1S/C17H22O4/c1-12-5-7-14(8-6-12)11-17(13(2)18)10-9-15(3)19-16(17,4)21-20-15/h5-8H,9-11H2,1-4H3/t15-,16+,17-/m0/s1. The van der Waals surface area contributed by atoms with Gasteiger partial charge in [-0.15, -0.1) is 0 Å². The molecule has 2 saturated heterocycles. The number of hydrogen-bond donors (Lipinski definition) is 0. The van der Waals surface area contributed by atoms with E-state index in [0.29, 0.717) is 19.3 Å². The third-order valence-corrected chi connectivity index (χ3v) is 4.96. The van der Waals surface area contributed by atoms with Crippen LogP contribution in [0.4, 0.5) is 0 Å². The lowest BCUT2D eigenvalue weighted by atomic mass is 9.67. The van der Waals surface area contributed by atoms with E-state index in [4.69, 9.17) is 14.5 Å². The van der Waals surface area contributed by atoms with Gasteiger partial charge in [-0.3, -0.25) is 4.79 Å². The predicted octanol–water partition coefficient (Wildman–Crippen LogP) is 3.32. The van der Waals surface area contributed by atoms with E-state index < -0.39 is 17.0 Å². The third-order valence-electron chi connectivity index (χ3n) is 4.96. The summed E-state index contributed by atoms with van der Waals surface area (Å²) in [5.41, 5.74) is 1.60. The maximum Gasteiger partial charge on any atom is 0.214 e. The molecule has 114 valence electrons. The van der Waals surface area contributed by atoms with E-state index in [2.05, 4.69) is 31.2 Å². The van der Waals surface area contributed by atoms with Crippen molar-refractivity contribution < 1.29 is 19.3 Å². The van der Waals surface area contributed by atoms with Gasteiger partial charge in [0.05, 0.1) is 5.41 Å². The van der Waals surface area contributed by atoms with Crippen molar-refractivity contribution in [2.45, 2.75) is 58.5 Å². The first-order chi connectivity index (χ1) is 9.79. The number of ether oxygens (including phenoxy) is 1. The van der Waals surface area contributed by atoms with Crippen molar-refractivity contribution in [3.8, 4) is 0 Å². The van der Waals surface area contributed by atoms with Gasteiger partial charge >= 0.3 is 0 Å². The number of rotatable bonds is 3. The Labute approximate surface area is 125 Å². The molecule has 0 aliphatic carbocycles. The number of hydrogen-bond acceptors (Lipinski definition) is 4. The molecule has 2 heterocycles. The normalized spacial score (nSPS) is 38.5. The molecule has 0 N–H and O–H groups in total. The van der Waals surface area contributed by atoms with Crippen molar-refractivity contribution >= 4 is 5.78 Å². The highest BCUT2D eigenvalue weighted by Gasteiger charge is 2.66. The Morgan fingerprint density at radius 2 is 1.81 bits per heavy atom. The first kappa shape index (κ1) is 14.7. The molecule has 1 aromatic rings. The fourth-order valence-electron chi connectivity index (χ4n) is 3.47. The van der Waals surface area contributed by atoms with Gasteiger partial charge in [-0.1, -0.05) is 29.8 Å². The number of carbonyl (C=O) groups excluding carboxylic acids is 1. The maximum atomic E-state index is 12.5. The number of fused-ring (bicyclic) bond motifs is 2. The molecule has 4 nitrogen and oxygen atoms in total. The largest absolute Gasteiger partial charge is 0.312 e. The monoisotopic (exact) mass is 290 g/mol. The Balaban J connectivity index is 1.97. The molecule has 0 saturated carbocycles. The maximum absolute atomic E-state index is 12.5. The van der Waals surface area contributed by atoms with E-state index in [0.717, 1.165) is 5.56 Å². The van der Waals surface area contributed by atoms with Crippen LogP contribution in [0, 0.1) is 12.3 Å². The zero-order chi connectivity index (χ0) is 15.3. The Morgan fingerprint density at radius 3 is 2.43 bits per heavy atom. The Bertz CT molecular complexity index is 567. The Kier molecular flexibility index (Phi) is 3.24. The van der Waals surface area contributed by atoms with E-state index in [1.54, 1.807) is 6.92 Å². The van der Waals surface area contributed by atoms with Crippen LogP contribution in [0.5, 0.6) is 0 Å². The van der Waals surface area contributed by atoms with Crippen molar-refractivity contribution in [1.29, 1.82) is 0 Å². The van der Waals surface area contributed by atoms with Crippen molar-refractivity contribution in [1.82, 2.24) is 0 Å². The molecule has 0 aromatic heterocycles. The van der Waals surface area contributed by atoms with Crippen LogP contribution < -0.4 is 0 Å². The Morgan fingerprint density at radius 1 is 1.14 bits per heavy atom. The summed E-state index contributed by atoms with van der Waals surface area (Å²) >= 11 is 0. The quantitative estimate of drug-likeness (QED) is 0.801. The minimum atomic E-state index is -1.03. The minimum Gasteiger partial charge on any atom is -0.312 e. The van der Waals surface area contributed by atoms with Crippen LogP contribution in [0.1, 0.15) is 44.7 Å². The SMILES string of the molecule is CC(=O)[C@@]1(Cc2ccc(C)cc2)CC[C@]2(C)OO[C@@]1(C)O2. The average Bonchev–Trinajstić information content (AvgIpc) is 2.69. The molecule has 0 unspecified atom stereocenters. The smallest absolute Gasteiger partial charge is 0.214 e.